The average molecular weight is 500 g/mol. The molecule has 2 atom stereocenters. The van der Waals surface area contributed by atoms with E-state index in [2.05, 4.69) is 32.2 Å². The number of nitrogens with zero attached hydrogens (tertiary/aromatic N) is 5. The number of aromatic nitrogens is 4. The molecule has 9 heteroatoms. The Morgan fingerprint density at radius 2 is 2.15 bits per heavy atom. The Kier molecular flexibility index (Phi) is 7.31. The average Bonchev–Trinajstić information content (AvgIpc) is 3.21. The molecule has 1 saturated heterocycles. The van der Waals surface area contributed by atoms with Gasteiger partial charge in [0, 0.05) is 49.3 Å². The van der Waals surface area contributed by atoms with Crippen LogP contribution in [-0.4, -0.2) is 62.9 Å². The van der Waals surface area contributed by atoms with Gasteiger partial charge in [0.05, 0.1) is 12.7 Å². The number of rotatable bonds is 9. The molecule has 1 saturated carbocycles. The van der Waals surface area contributed by atoms with Crippen LogP contribution in [-0.2, 0) is 12.5 Å². The minimum atomic E-state index is 0. The molecule has 2 fully saturated rings. The molecule has 7 nitrogen and oxygen atoms in total. The summed E-state index contributed by atoms with van der Waals surface area (Å²) in [5.74, 6) is 3.27. The lowest BCUT2D eigenvalue weighted by molar-refractivity contribution is 0.101. The molecule has 180 valence electrons. The third-order valence-corrected chi connectivity index (χ3v) is 8.08. The van der Waals surface area contributed by atoms with E-state index in [-0.39, 0.29) is 23.6 Å². The monoisotopic (exact) mass is 499 g/mol. The number of carbonyl (C=O) groups excluding carboxylic acids is 1. The van der Waals surface area contributed by atoms with Crippen molar-refractivity contribution in [3.05, 3.63) is 53.9 Å². The molecule has 1 aliphatic carbocycles. The van der Waals surface area contributed by atoms with Gasteiger partial charge in [0.1, 0.15) is 5.75 Å². The molecule has 0 spiro atoms. The summed E-state index contributed by atoms with van der Waals surface area (Å²) in [6, 6.07) is 10.1. The standard InChI is InChI=1S/C25H29N5O2S.ClH/c1-17(31)21-12-19(7-8-22(21)32-3)25-13-20(25)15-30(16-25)10-5-11-33-24-28-27-23(29(24)2)18-6-4-9-26-14-18;/h4,6-9,12,14,20H,5,10-11,13,15-16H2,1-3H3;1H/t20-,25+;/m0./s1. The molecule has 2 aliphatic rings. The fraction of sp³-hybridized carbons (Fsp3) is 0.440. The molecule has 5 rings (SSSR count). The van der Waals surface area contributed by atoms with E-state index in [1.54, 1.807) is 32.0 Å². The van der Waals surface area contributed by atoms with E-state index in [0.29, 0.717) is 17.2 Å². The van der Waals surface area contributed by atoms with Gasteiger partial charge in [-0.25, -0.2) is 0 Å². The maximum atomic E-state index is 12.1. The Hall–Kier alpha value is -2.42. The van der Waals surface area contributed by atoms with Crippen molar-refractivity contribution in [3.63, 3.8) is 0 Å². The zero-order valence-corrected chi connectivity index (χ0v) is 21.4. The van der Waals surface area contributed by atoms with Crippen LogP contribution in [0.1, 0.15) is 35.7 Å². The fourth-order valence-corrected chi connectivity index (χ4v) is 5.97. The highest BCUT2D eigenvalue weighted by atomic mass is 35.5. The molecule has 0 amide bonds. The lowest BCUT2D eigenvalue weighted by Crippen LogP contribution is -2.28. The molecular weight excluding hydrogens is 470 g/mol. The van der Waals surface area contributed by atoms with Gasteiger partial charge in [0.15, 0.2) is 16.8 Å². The van der Waals surface area contributed by atoms with Crippen molar-refractivity contribution >= 4 is 30.0 Å². The summed E-state index contributed by atoms with van der Waals surface area (Å²) in [6.45, 7) is 4.90. The topological polar surface area (TPSA) is 73.1 Å². The Morgan fingerprint density at radius 3 is 2.88 bits per heavy atom. The first-order chi connectivity index (χ1) is 16.0. The SMILES string of the molecule is COc1ccc([C@]23C[C@H]2CN(CCCSc2nnc(-c4cccnc4)n2C)C3)cc1C(C)=O.Cl. The highest BCUT2D eigenvalue weighted by Gasteiger charge is 2.60. The summed E-state index contributed by atoms with van der Waals surface area (Å²) in [7, 11) is 3.63. The number of hydrogen-bond donors (Lipinski definition) is 0. The van der Waals surface area contributed by atoms with Crippen LogP contribution in [0.2, 0.25) is 0 Å². The van der Waals surface area contributed by atoms with Gasteiger partial charge in [0.2, 0.25) is 0 Å². The minimum Gasteiger partial charge on any atom is -0.496 e. The number of thioether (sulfide) groups is 1. The zero-order chi connectivity index (χ0) is 23.0. The summed E-state index contributed by atoms with van der Waals surface area (Å²) >= 11 is 1.75. The number of Topliss-reactive ketones (excluding diaryl/α,β-unsaturated/α-hetero) is 1. The van der Waals surface area contributed by atoms with E-state index in [9.17, 15) is 4.79 Å². The van der Waals surface area contributed by atoms with Crippen LogP contribution in [0.5, 0.6) is 5.75 Å². The molecule has 0 bridgehead atoms. The van der Waals surface area contributed by atoms with Crippen LogP contribution >= 0.6 is 24.2 Å². The lowest BCUT2D eigenvalue weighted by Gasteiger charge is -2.21. The molecule has 1 aliphatic heterocycles. The molecule has 34 heavy (non-hydrogen) atoms. The van der Waals surface area contributed by atoms with Crippen LogP contribution < -0.4 is 4.74 Å². The van der Waals surface area contributed by atoms with Gasteiger partial charge < -0.3 is 14.2 Å². The number of hydrogen-bond acceptors (Lipinski definition) is 7. The Balaban J connectivity index is 0.00000274. The van der Waals surface area contributed by atoms with Crippen molar-refractivity contribution in [2.24, 2.45) is 13.0 Å². The van der Waals surface area contributed by atoms with Crippen LogP contribution in [0, 0.1) is 5.92 Å². The number of pyridine rings is 1. The molecule has 0 unspecified atom stereocenters. The van der Waals surface area contributed by atoms with Crippen molar-refractivity contribution in [2.45, 2.75) is 30.3 Å². The van der Waals surface area contributed by atoms with Crippen molar-refractivity contribution in [3.8, 4) is 17.1 Å². The number of methoxy groups -OCH3 is 1. The van der Waals surface area contributed by atoms with Gasteiger partial charge in [0.25, 0.3) is 0 Å². The van der Waals surface area contributed by atoms with E-state index < -0.39 is 0 Å². The van der Waals surface area contributed by atoms with E-state index in [1.165, 1.54) is 12.0 Å². The van der Waals surface area contributed by atoms with E-state index >= 15 is 0 Å². The van der Waals surface area contributed by atoms with E-state index in [4.69, 9.17) is 4.74 Å². The Morgan fingerprint density at radius 1 is 1.29 bits per heavy atom. The molecular formula is C25H30ClN5O2S. The highest BCUT2D eigenvalue weighted by molar-refractivity contribution is 7.99. The van der Waals surface area contributed by atoms with Crippen LogP contribution in [0.4, 0.5) is 0 Å². The largest absolute Gasteiger partial charge is 0.496 e. The summed E-state index contributed by atoms with van der Waals surface area (Å²) in [5.41, 5.74) is 3.18. The predicted octanol–water partition coefficient (Wildman–Crippen LogP) is 4.27. The third-order valence-electron chi connectivity index (χ3n) is 6.97. The molecule has 0 N–H and O–H groups in total. The molecule has 1 aromatic carbocycles. The van der Waals surface area contributed by atoms with Crippen molar-refractivity contribution < 1.29 is 9.53 Å². The van der Waals surface area contributed by atoms with E-state index in [0.717, 1.165) is 48.4 Å². The van der Waals surface area contributed by atoms with Gasteiger partial charge in [-0.3, -0.25) is 9.78 Å². The van der Waals surface area contributed by atoms with Crippen molar-refractivity contribution in [1.29, 1.82) is 0 Å². The lowest BCUT2D eigenvalue weighted by atomic mass is 9.92. The second-order valence-corrected chi connectivity index (χ2v) is 10.1. The first-order valence-corrected chi connectivity index (χ1v) is 12.3. The normalized spacial score (nSPS) is 21.1. The fourth-order valence-electron chi connectivity index (χ4n) is 5.14. The van der Waals surface area contributed by atoms with Crippen LogP contribution in [0.3, 0.4) is 0 Å². The smallest absolute Gasteiger partial charge is 0.191 e. The van der Waals surface area contributed by atoms with Crippen LogP contribution in [0.25, 0.3) is 11.4 Å². The number of carbonyl (C=O) groups is 1. The van der Waals surface area contributed by atoms with Crippen molar-refractivity contribution in [2.75, 3.05) is 32.5 Å². The summed E-state index contributed by atoms with van der Waals surface area (Å²) in [5, 5.41) is 9.64. The summed E-state index contributed by atoms with van der Waals surface area (Å²) in [6.07, 6.45) is 5.90. The maximum absolute atomic E-state index is 12.1. The number of ketones is 1. The number of fused-ring (bicyclic) bond motifs is 1. The Bertz CT molecular complexity index is 1170. The highest BCUT2D eigenvalue weighted by Crippen LogP contribution is 2.59. The number of ether oxygens (including phenoxy) is 1. The van der Waals surface area contributed by atoms with Gasteiger partial charge in [-0.15, -0.1) is 22.6 Å². The van der Waals surface area contributed by atoms with Crippen LogP contribution in [0.15, 0.2) is 47.9 Å². The minimum absolute atomic E-state index is 0. The third kappa shape index (κ3) is 4.59. The molecule has 2 aromatic heterocycles. The summed E-state index contributed by atoms with van der Waals surface area (Å²) < 4.78 is 7.42. The van der Waals surface area contributed by atoms with Gasteiger partial charge >= 0.3 is 0 Å². The van der Waals surface area contributed by atoms with Gasteiger partial charge in [-0.05, 0) is 62.1 Å². The predicted molar refractivity (Wildman–Crippen MR) is 136 cm³/mol. The Labute approximate surface area is 210 Å². The number of benzene rings is 1. The second-order valence-electron chi connectivity index (χ2n) is 9.07. The first kappa shape index (κ1) is 24.7. The number of piperidine rings is 1. The quantitative estimate of drug-likeness (QED) is 0.247. The number of likely N-dealkylation sites (tertiary alicyclic amines) is 1. The second kappa shape index (κ2) is 10.1. The molecule has 0 radical (unpaired) electrons. The van der Waals surface area contributed by atoms with Gasteiger partial charge in [-0.2, -0.15) is 0 Å². The molecule has 3 heterocycles. The summed E-state index contributed by atoms with van der Waals surface area (Å²) in [4.78, 5) is 18.8. The first-order valence-electron chi connectivity index (χ1n) is 11.4. The molecule has 3 aromatic rings. The van der Waals surface area contributed by atoms with Gasteiger partial charge in [-0.1, -0.05) is 17.8 Å². The van der Waals surface area contributed by atoms with Crippen molar-refractivity contribution in [1.82, 2.24) is 24.6 Å². The number of halogens is 1. The maximum Gasteiger partial charge on any atom is 0.191 e. The van der Waals surface area contributed by atoms with E-state index in [1.807, 2.05) is 36.0 Å². The zero-order valence-electron chi connectivity index (χ0n) is 19.7.